The summed E-state index contributed by atoms with van der Waals surface area (Å²) in [6, 6.07) is 4.71. The first-order valence-electron chi connectivity index (χ1n) is 6.62. The van der Waals surface area contributed by atoms with Crippen molar-refractivity contribution in [2.75, 3.05) is 4.90 Å². The van der Waals surface area contributed by atoms with Crippen LogP contribution in [0.1, 0.15) is 6.92 Å². The summed E-state index contributed by atoms with van der Waals surface area (Å²) < 4.78 is 5.77. The number of benzene rings is 1. The zero-order valence-electron chi connectivity index (χ0n) is 11.0. The highest BCUT2D eigenvalue weighted by Gasteiger charge is 2.66. The fraction of sp³-hybridized carbons (Fsp3) is 0.333. The average Bonchev–Trinajstić information content (AvgIpc) is 2.98. The lowest BCUT2D eigenvalue weighted by Crippen LogP contribution is -2.38. The number of hydrogen-bond donors (Lipinski definition) is 0. The van der Waals surface area contributed by atoms with Gasteiger partial charge in [0.15, 0.2) is 0 Å². The molecule has 6 heteroatoms. The molecule has 108 valence electrons. The van der Waals surface area contributed by atoms with E-state index in [0.717, 1.165) is 0 Å². The van der Waals surface area contributed by atoms with Crippen LogP contribution in [0.2, 0.25) is 10.0 Å². The van der Waals surface area contributed by atoms with Crippen LogP contribution in [0.5, 0.6) is 0 Å². The van der Waals surface area contributed by atoms with Gasteiger partial charge >= 0.3 is 0 Å². The molecule has 0 saturated carbocycles. The smallest absolute Gasteiger partial charge is 0.241 e. The van der Waals surface area contributed by atoms with Crippen LogP contribution in [-0.2, 0) is 14.3 Å². The van der Waals surface area contributed by atoms with Gasteiger partial charge in [-0.05, 0) is 25.1 Å². The lowest BCUT2D eigenvalue weighted by molar-refractivity contribution is -0.126. The van der Waals surface area contributed by atoms with Gasteiger partial charge in [-0.1, -0.05) is 35.4 Å². The summed E-state index contributed by atoms with van der Waals surface area (Å²) in [6.45, 7) is 1.84. The third-order valence-corrected chi connectivity index (χ3v) is 4.87. The number of carbonyl (C=O) groups excluding carboxylic acids is 2. The lowest BCUT2D eigenvalue weighted by atomic mass is 9.78. The van der Waals surface area contributed by atoms with Gasteiger partial charge in [-0.25, -0.2) is 4.90 Å². The monoisotopic (exact) mass is 323 g/mol. The highest BCUT2D eigenvalue weighted by molar-refractivity contribution is 6.35. The predicted octanol–water partition coefficient (Wildman–Crippen LogP) is 2.83. The quantitative estimate of drug-likeness (QED) is 0.589. The molecule has 2 saturated heterocycles. The standard InChI is InChI=1S/C15H11Cl2NO3/c1-15-3-2-10(21-15)11-12(15)14(20)18(13(11)19)9-5-7(16)4-8(17)6-9/h2-6,10-12H,1H3/t10-,11+,12-,15+/m1/s1. The largest absolute Gasteiger partial charge is 0.362 e. The molecule has 4 atom stereocenters. The van der Waals surface area contributed by atoms with E-state index in [1.807, 2.05) is 19.1 Å². The van der Waals surface area contributed by atoms with E-state index >= 15 is 0 Å². The molecular weight excluding hydrogens is 313 g/mol. The normalized spacial score (nSPS) is 36.7. The van der Waals surface area contributed by atoms with E-state index in [9.17, 15) is 9.59 Å². The molecule has 2 fully saturated rings. The van der Waals surface area contributed by atoms with Gasteiger partial charge in [-0.2, -0.15) is 0 Å². The first-order chi connectivity index (χ1) is 9.90. The molecule has 0 unspecified atom stereocenters. The number of fused-ring (bicyclic) bond motifs is 5. The summed E-state index contributed by atoms with van der Waals surface area (Å²) in [4.78, 5) is 26.6. The summed E-state index contributed by atoms with van der Waals surface area (Å²) in [6.07, 6.45) is 3.41. The number of nitrogens with zero attached hydrogens (tertiary/aromatic N) is 1. The molecule has 2 amide bonds. The Hall–Kier alpha value is -1.36. The third-order valence-electron chi connectivity index (χ3n) is 4.43. The molecule has 3 aliphatic heterocycles. The summed E-state index contributed by atoms with van der Waals surface area (Å²) in [5, 5.41) is 0.775. The van der Waals surface area contributed by atoms with Crippen LogP contribution in [0.25, 0.3) is 0 Å². The fourth-order valence-corrected chi connectivity index (χ4v) is 4.09. The number of imide groups is 1. The summed E-state index contributed by atoms with van der Waals surface area (Å²) >= 11 is 11.9. The van der Waals surface area contributed by atoms with Crippen LogP contribution in [0, 0.1) is 11.8 Å². The summed E-state index contributed by atoms with van der Waals surface area (Å²) in [5.74, 6) is -1.43. The van der Waals surface area contributed by atoms with Crippen molar-refractivity contribution in [2.24, 2.45) is 11.8 Å². The molecule has 4 nitrogen and oxygen atoms in total. The topological polar surface area (TPSA) is 46.6 Å². The van der Waals surface area contributed by atoms with Crippen molar-refractivity contribution in [3.63, 3.8) is 0 Å². The van der Waals surface area contributed by atoms with Crippen LogP contribution < -0.4 is 4.90 Å². The van der Waals surface area contributed by atoms with E-state index in [-0.39, 0.29) is 17.9 Å². The highest BCUT2D eigenvalue weighted by Crippen LogP contribution is 2.52. The molecular formula is C15H11Cl2NO3. The third kappa shape index (κ3) is 1.67. The van der Waals surface area contributed by atoms with E-state index in [0.29, 0.717) is 15.7 Å². The van der Waals surface area contributed by atoms with Crippen molar-refractivity contribution >= 4 is 40.7 Å². The van der Waals surface area contributed by atoms with Crippen LogP contribution in [-0.4, -0.2) is 23.5 Å². The zero-order valence-corrected chi connectivity index (χ0v) is 12.6. The Morgan fingerprint density at radius 1 is 1.14 bits per heavy atom. The molecule has 3 aliphatic rings. The van der Waals surface area contributed by atoms with Gasteiger partial charge in [0.25, 0.3) is 0 Å². The number of rotatable bonds is 1. The van der Waals surface area contributed by atoms with Gasteiger partial charge in [0.2, 0.25) is 11.8 Å². The minimum Gasteiger partial charge on any atom is -0.362 e. The lowest BCUT2D eigenvalue weighted by Gasteiger charge is -2.24. The minimum absolute atomic E-state index is 0.249. The van der Waals surface area contributed by atoms with Gasteiger partial charge in [-0.3, -0.25) is 9.59 Å². The van der Waals surface area contributed by atoms with Crippen molar-refractivity contribution in [3.8, 4) is 0 Å². The molecule has 21 heavy (non-hydrogen) atoms. The van der Waals surface area contributed by atoms with Crippen LogP contribution >= 0.6 is 23.2 Å². The highest BCUT2D eigenvalue weighted by atomic mass is 35.5. The van der Waals surface area contributed by atoms with Crippen molar-refractivity contribution in [2.45, 2.75) is 18.6 Å². The summed E-state index contributed by atoms with van der Waals surface area (Å²) in [7, 11) is 0. The average molecular weight is 324 g/mol. The van der Waals surface area contributed by atoms with Gasteiger partial charge in [-0.15, -0.1) is 0 Å². The number of ether oxygens (including phenoxy) is 1. The molecule has 0 radical (unpaired) electrons. The van der Waals surface area contributed by atoms with Crippen molar-refractivity contribution in [1.82, 2.24) is 0 Å². The maximum absolute atomic E-state index is 12.7. The molecule has 0 aliphatic carbocycles. The Morgan fingerprint density at radius 2 is 1.81 bits per heavy atom. The molecule has 0 spiro atoms. The number of hydrogen-bond acceptors (Lipinski definition) is 3. The second-order valence-electron chi connectivity index (χ2n) is 5.77. The first-order valence-corrected chi connectivity index (χ1v) is 7.37. The maximum Gasteiger partial charge on any atom is 0.241 e. The second kappa shape index (κ2) is 4.09. The summed E-state index contributed by atoms with van der Waals surface area (Å²) in [5.41, 5.74) is -0.279. The first kappa shape index (κ1) is 13.3. The number of halogens is 2. The fourth-order valence-electron chi connectivity index (χ4n) is 3.58. The predicted molar refractivity (Wildman–Crippen MR) is 78.4 cm³/mol. The Labute approximate surface area is 131 Å². The Bertz CT molecular complexity index is 697. The Morgan fingerprint density at radius 3 is 2.43 bits per heavy atom. The van der Waals surface area contributed by atoms with E-state index in [4.69, 9.17) is 27.9 Å². The van der Waals surface area contributed by atoms with Gasteiger partial charge < -0.3 is 4.74 Å². The van der Waals surface area contributed by atoms with Crippen molar-refractivity contribution in [1.29, 1.82) is 0 Å². The second-order valence-corrected chi connectivity index (χ2v) is 6.64. The van der Waals surface area contributed by atoms with Crippen LogP contribution in [0.4, 0.5) is 5.69 Å². The van der Waals surface area contributed by atoms with Crippen LogP contribution in [0.3, 0.4) is 0 Å². The molecule has 3 heterocycles. The molecule has 0 aromatic heterocycles. The van der Waals surface area contributed by atoms with Crippen molar-refractivity contribution in [3.05, 3.63) is 40.4 Å². The molecule has 1 aromatic rings. The van der Waals surface area contributed by atoms with E-state index in [1.54, 1.807) is 18.2 Å². The number of anilines is 1. The number of carbonyl (C=O) groups is 2. The van der Waals surface area contributed by atoms with E-state index < -0.39 is 17.4 Å². The van der Waals surface area contributed by atoms with Crippen molar-refractivity contribution < 1.29 is 14.3 Å². The molecule has 4 rings (SSSR count). The SMILES string of the molecule is C[C@@]12C=C[C@@H](O1)[C@@H]1C(=O)N(c3cc(Cl)cc(Cl)c3)C(=O)[C@@H]12. The van der Waals surface area contributed by atoms with E-state index in [2.05, 4.69) is 0 Å². The van der Waals surface area contributed by atoms with E-state index in [1.165, 1.54) is 4.90 Å². The minimum atomic E-state index is -0.695. The van der Waals surface area contributed by atoms with Gasteiger partial charge in [0.05, 0.1) is 29.2 Å². The zero-order chi connectivity index (χ0) is 14.9. The Balaban J connectivity index is 1.80. The molecule has 1 aromatic carbocycles. The molecule has 0 N–H and O–H groups in total. The van der Waals surface area contributed by atoms with Gasteiger partial charge in [0, 0.05) is 10.0 Å². The van der Waals surface area contributed by atoms with Gasteiger partial charge in [0.1, 0.15) is 0 Å². The Kier molecular flexibility index (Phi) is 2.60. The maximum atomic E-state index is 12.7. The molecule has 2 bridgehead atoms. The number of amides is 2. The van der Waals surface area contributed by atoms with Crippen LogP contribution in [0.15, 0.2) is 30.4 Å².